The number of hydrogen-bond donors (Lipinski definition) is 0. The van der Waals surface area contributed by atoms with Gasteiger partial charge in [0.25, 0.3) is 0 Å². The Hall–Kier alpha value is -4.47. The molecule has 0 bridgehead atoms. The molecule has 6 heteroatoms. The first-order chi connectivity index (χ1) is 19.2. The molecule has 0 saturated heterocycles. The third kappa shape index (κ3) is 3.58. The molecule has 0 atom stereocenters. The molecule has 3 heterocycles. The SMILES string of the molecule is Cn1c(-c2[c-]c(-n3c4[c-]c(-c5nc6ccccc6n5C)ccc4c4ccccc43)ccc2)nc2ccccc21.[Pt+2]. The smallest absolute Gasteiger partial charge is 0.367 e. The Morgan fingerprint density at radius 2 is 1.10 bits per heavy atom. The summed E-state index contributed by atoms with van der Waals surface area (Å²) in [6.07, 6.45) is 0. The number of rotatable bonds is 3. The van der Waals surface area contributed by atoms with Crippen molar-refractivity contribution in [1.29, 1.82) is 0 Å². The Labute approximate surface area is 245 Å². The second-order valence-electron chi connectivity index (χ2n) is 9.90. The Morgan fingerprint density at radius 3 is 1.75 bits per heavy atom. The fraction of sp³-hybridized carbons (Fsp3) is 0.0588. The van der Waals surface area contributed by atoms with Gasteiger partial charge in [0.15, 0.2) is 0 Å². The summed E-state index contributed by atoms with van der Waals surface area (Å²) in [6, 6.07) is 42.9. The molecule has 8 rings (SSSR count). The molecular weight excluding hydrogens is 673 g/mol. The van der Waals surface area contributed by atoms with Crippen molar-refractivity contribution < 1.29 is 21.1 Å². The molecule has 0 aliphatic heterocycles. The fourth-order valence-electron chi connectivity index (χ4n) is 5.76. The van der Waals surface area contributed by atoms with Crippen LogP contribution in [0.25, 0.3) is 72.3 Å². The van der Waals surface area contributed by atoms with Gasteiger partial charge in [-0.05, 0) is 46.9 Å². The van der Waals surface area contributed by atoms with E-state index in [1.165, 1.54) is 5.39 Å². The molecule has 8 aromatic rings. The summed E-state index contributed by atoms with van der Waals surface area (Å²) in [5.41, 5.74) is 9.13. The first-order valence-electron chi connectivity index (χ1n) is 13.0. The van der Waals surface area contributed by atoms with Crippen LogP contribution < -0.4 is 0 Å². The Morgan fingerprint density at radius 1 is 0.525 bits per heavy atom. The summed E-state index contributed by atoms with van der Waals surface area (Å²) in [6.45, 7) is 0. The van der Waals surface area contributed by atoms with Crippen LogP contribution in [0.4, 0.5) is 0 Å². The molecule has 0 saturated carbocycles. The minimum Gasteiger partial charge on any atom is -0.367 e. The second-order valence-corrected chi connectivity index (χ2v) is 9.90. The third-order valence-electron chi connectivity index (χ3n) is 7.66. The van der Waals surface area contributed by atoms with Gasteiger partial charge in [0.05, 0.1) is 33.7 Å². The Kier molecular flexibility index (Phi) is 5.72. The molecule has 0 aliphatic carbocycles. The maximum atomic E-state index is 4.93. The van der Waals surface area contributed by atoms with Crippen molar-refractivity contribution in [2.45, 2.75) is 0 Å². The van der Waals surface area contributed by atoms with Crippen LogP contribution in [0.5, 0.6) is 0 Å². The van der Waals surface area contributed by atoms with E-state index in [4.69, 9.17) is 9.97 Å². The van der Waals surface area contributed by atoms with Crippen LogP contribution in [0.3, 0.4) is 0 Å². The van der Waals surface area contributed by atoms with Crippen LogP contribution >= 0.6 is 0 Å². The van der Waals surface area contributed by atoms with Gasteiger partial charge in [-0.1, -0.05) is 47.9 Å². The molecule has 3 aromatic heterocycles. The molecule has 0 radical (unpaired) electrons. The molecule has 40 heavy (non-hydrogen) atoms. The van der Waals surface area contributed by atoms with Crippen molar-refractivity contribution in [1.82, 2.24) is 23.7 Å². The number of benzene rings is 5. The predicted octanol–water partition coefficient (Wildman–Crippen LogP) is 7.49. The Balaban J connectivity index is 0.00000264. The molecular formula is C34H23N5Pt. The fourth-order valence-corrected chi connectivity index (χ4v) is 5.76. The van der Waals surface area contributed by atoms with Crippen LogP contribution in [0.1, 0.15) is 0 Å². The molecule has 0 aliphatic rings. The van der Waals surface area contributed by atoms with Gasteiger partial charge in [0.2, 0.25) is 0 Å². The van der Waals surface area contributed by atoms with E-state index in [2.05, 4.69) is 113 Å². The van der Waals surface area contributed by atoms with Crippen LogP contribution in [0.2, 0.25) is 0 Å². The number of imidazole rings is 2. The monoisotopic (exact) mass is 696 g/mol. The zero-order valence-corrected chi connectivity index (χ0v) is 24.1. The Bertz CT molecular complexity index is 2220. The van der Waals surface area contributed by atoms with Crippen LogP contribution in [0.15, 0.2) is 103 Å². The topological polar surface area (TPSA) is 40.6 Å². The van der Waals surface area contributed by atoms with E-state index in [-0.39, 0.29) is 21.1 Å². The van der Waals surface area contributed by atoms with Crippen LogP contribution in [0, 0.1) is 12.1 Å². The summed E-state index contributed by atoms with van der Waals surface area (Å²) in [5.74, 6) is 1.79. The predicted molar refractivity (Wildman–Crippen MR) is 158 cm³/mol. The minimum atomic E-state index is 0. The summed E-state index contributed by atoms with van der Waals surface area (Å²) in [5, 5.41) is 2.33. The van der Waals surface area contributed by atoms with E-state index >= 15 is 0 Å². The van der Waals surface area contributed by atoms with Crippen molar-refractivity contribution in [3.05, 3.63) is 115 Å². The van der Waals surface area contributed by atoms with Gasteiger partial charge < -0.3 is 13.7 Å². The number of aryl methyl sites for hydroxylation is 2. The molecule has 0 fully saturated rings. The molecule has 0 amide bonds. The first kappa shape index (κ1) is 24.6. The van der Waals surface area contributed by atoms with Gasteiger partial charge in [-0.25, -0.2) is 0 Å². The minimum absolute atomic E-state index is 0. The van der Waals surface area contributed by atoms with Crippen molar-refractivity contribution in [3.8, 4) is 28.5 Å². The van der Waals surface area contributed by atoms with Gasteiger partial charge in [0, 0.05) is 19.6 Å². The molecule has 0 spiro atoms. The summed E-state index contributed by atoms with van der Waals surface area (Å²) >= 11 is 0. The van der Waals surface area contributed by atoms with Gasteiger partial charge in [0.1, 0.15) is 0 Å². The summed E-state index contributed by atoms with van der Waals surface area (Å²) in [7, 11) is 4.12. The summed E-state index contributed by atoms with van der Waals surface area (Å²) in [4.78, 5) is 9.85. The van der Waals surface area contributed by atoms with Crippen molar-refractivity contribution >= 4 is 43.9 Å². The van der Waals surface area contributed by atoms with E-state index in [9.17, 15) is 0 Å². The van der Waals surface area contributed by atoms with Gasteiger partial charge in [-0.2, -0.15) is 0 Å². The standard InChI is InChI=1S/C34H23N5.Pt/c1-37-30-16-7-4-13-27(30)35-33(37)22-10-9-11-24(20-22)39-29-15-6-3-12-25(29)26-19-18-23(21-32(26)39)34-36-28-14-5-8-17-31(28)38(34)2;/h3-19H,1-2H3;/q-2;+2. The van der Waals surface area contributed by atoms with E-state index < -0.39 is 0 Å². The average Bonchev–Trinajstić information content (AvgIpc) is 3.62. The molecule has 5 aromatic carbocycles. The molecule has 5 nitrogen and oxygen atoms in total. The number of fused-ring (bicyclic) bond motifs is 5. The van der Waals surface area contributed by atoms with E-state index in [0.717, 1.165) is 66.9 Å². The third-order valence-corrected chi connectivity index (χ3v) is 7.66. The zero-order chi connectivity index (χ0) is 26.1. The van der Waals surface area contributed by atoms with Crippen molar-refractivity contribution in [2.75, 3.05) is 0 Å². The molecule has 0 N–H and O–H groups in total. The number of hydrogen-bond acceptors (Lipinski definition) is 2. The van der Waals surface area contributed by atoms with E-state index in [1.807, 2.05) is 30.3 Å². The van der Waals surface area contributed by atoms with Gasteiger partial charge >= 0.3 is 21.1 Å². The molecule has 0 unspecified atom stereocenters. The van der Waals surface area contributed by atoms with E-state index in [0.29, 0.717) is 0 Å². The van der Waals surface area contributed by atoms with Crippen LogP contribution in [-0.4, -0.2) is 23.7 Å². The first-order valence-corrected chi connectivity index (χ1v) is 13.0. The molecule has 194 valence electrons. The van der Waals surface area contributed by atoms with Gasteiger partial charge in [-0.3, -0.25) is 9.97 Å². The zero-order valence-electron chi connectivity index (χ0n) is 21.9. The van der Waals surface area contributed by atoms with Crippen molar-refractivity contribution in [2.24, 2.45) is 14.1 Å². The largest absolute Gasteiger partial charge is 2.00 e. The maximum Gasteiger partial charge on any atom is 2.00 e. The normalized spacial score (nSPS) is 11.6. The average molecular weight is 697 g/mol. The second kappa shape index (κ2) is 9.32. The summed E-state index contributed by atoms with van der Waals surface area (Å²) < 4.78 is 6.52. The quantitative estimate of drug-likeness (QED) is 0.180. The van der Waals surface area contributed by atoms with Crippen molar-refractivity contribution in [3.63, 3.8) is 0 Å². The number of para-hydroxylation sites is 5. The maximum absolute atomic E-state index is 4.93. The number of aromatic nitrogens is 5. The van der Waals surface area contributed by atoms with Crippen LogP contribution in [-0.2, 0) is 35.2 Å². The van der Waals surface area contributed by atoms with Gasteiger partial charge in [-0.15, -0.1) is 53.6 Å². The number of nitrogens with zero attached hydrogens (tertiary/aromatic N) is 5. The van der Waals surface area contributed by atoms with E-state index in [1.54, 1.807) is 0 Å².